The van der Waals surface area contributed by atoms with Crippen molar-refractivity contribution in [3.8, 4) is 0 Å². The summed E-state index contributed by atoms with van der Waals surface area (Å²) in [6.07, 6.45) is 0.536. The fourth-order valence-corrected chi connectivity index (χ4v) is 3.00. The third kappa shape index (κ3) is 5.23. The maximum atomic E-state index is 12.0. The van der Waals surface area contributed by atoms with E-state index in [0.29, 0.717) is 6.42 Å². The summed E-state index contributed by atoms with van der Waals surface area (Å²) in [5, 5.41) is 3.06. The highest BCUT2D eigenvalue weighted by atomic mass is 32.2. The summed E-state index contributed by atoms with van der Waals surface area (Å²) in [7, 11) is 0. The Kier molecular flexibility index (Phi) is 6.08. The minimum Gasteiger partial charge on any atom is -0.350 e. The molecule has 0 aliphatic rings. The minimum absolute atomic E-state index is 0.0532. The lowest BCUT2D eigenvalue weighted by Gasteiger charge is -2.14. The third-order valence-electron chi connectivity index (χ3n) is 3.57. The highest BCUT2D eigenvalue weighted by molar-refractivity contribution is 7.99. The van der Waals surface area contributed by atoms with E-state index in [9.17, 15) is 4.79 Å². The quantitative estimate of drug-likeness (QED) is 0.786. The van der Waals surface area contributed by atoms with Gasteiger partial charge in [0.05, 0.1) is 6.04 Å². The molecule has 1 atom stereocenters. The summed E-state index contributed by atoms with van der Waals surface area (Å²) in [5.41, 5.74) is 3.64. The average molecular weight is 313 g/mol. The van der Waals surface area contributed by atoms with Gasteiger partial charge in [-0.25, -0.2) is 0 Å². The molecule has 0 saturated heterocycles. The van der Waals surface area contributed by atoms with Crippen molar-refractivity contribution in [1.82, 2.24) is 5.32 Å². The van der Waals surface area contributed by atoms with Crippen molar-refractivity contribution in [1.29, 1.82) is 0 Å². The first-order valence-electron chi connectivity index (χ1n) is 7.60. The number of hydrogen-bond acceptors (Lipinski definition) is 2. The molecule has 0 radical (unpaired) electrons. The molecule has 116 valence electrons. The van der Waals surface area contributed by atoms with Crippen molar-refractivity contribution in [2.24, 2.45) is 0 Å². The number of nitrogens with one attached hydrogen (secondary N) is 1. The van der Waals surface area contributed by atoms with Crippen LogP contribution < -0.4 is 5.32 Å². The Morgan fingerprint density at radius 2 is 1.55 bits per heavy atom. The molecule has 2 nitrogen and oxygen atoms in total. The first kappa shape index (κ1) is 16.6. The van der Waals surface area contributed by atoms with Gasteiger partial charge in [-0.05, 0) is 38.5 Å². The van der Waals surface area contributed by atoms with Gasteiger partial charge in [-0.15, -0.1) is 11.8 Å². The molecule has 0 aliphatic heterocycles. The first-order valence-corrected chi connectivity index (χ1v) is 8.58. The molecular weight excluding hydrogens is 290 g/mol. The second kappa shape index (κ2) is 8.04. The predicted molar refractivity (Wildman–Crippen MR) is 94.3 cm³/mol. The van der Waals surface area contributed by atoms with E-state index in [0.717, 1.165) is 11.3 Å². The zero-order chi connectivity index (χ0) is 15.9. The van der Waals surface area contributed by atoms with Crippen LogP contribution in [0.4, 0.5) is 0 Å². The fraction of sp³-hybridized carbons (Fsp3) is 0.316. The summed E-state index contributed by atoms with van der Waals surface area (Å²) in [6, 6.07) is 16.8. The van der Waals surface area contributed by atoms with Gasteiger partial charge in [-0.2, -0.15) is 0 Å². The van der Waals surface area contributed by atoms with Crippen molar-refractivity contribution in [2.45, 2.75) is 38.1 Å². The van der Waals surface area contributed by atoms with E-state index >= 15 is 0 Å². The van der Waals surface area contributed by atoms with E-state index in [1.807, 2.05) is 6.92 Å². The minimum atomic E-state index is 0.0532. The smallest absolute Gasteiger partial charge is 0.221 e. The van der Waals surface area contributed by atoms with E-state index in [4.69, 9.17) is 0 Å². The topological polar surface area (TPSA) is 29.1 Å². The van der Waals surface area contributed by atoms with Crippen LogP contribution in [0.3, 0.4) is 0 Å². The first-order chi connectivity index (χ1) is 10.5. The lowest BCUT2D eigenvalue weighted by atomic mass is 10.1. The number of amides is 1. The third-order valence-corrected chi connectivity index (χ3v) is 4.59. The maximum absolute atomic E-state index is 12.0. The normalized spacial score (nSPS) is 12.0. The summed E-state index contributed by atoms with van der Waals surface area (Å²) in [6.45, 7) is 6.17. The zero-order valence-electron chi connectivity index (χ0n) is 13.4. The molecule has 2 aromatic carbocycles. The van der Waals surface area contributed by atoms with Crippen molar-refractivity contribution < 1.29 is 4.79 Å². The molecule has 0 spiro atoms. The van der Waals surface area contributed by atoms with Crippen LogP contribution in [-0.2, 0) is 4.79 Å². The molecule has 2 rings (SSSR count). The number of aryl methyl sites for hydroxylation is 2. The van der Waals surface area contributed by atoms with Gasteiger partial charge >= 0.3 is 0 Å². The van der Waals surface area contributed by atoms with Crippen LogP contribution in [0.1, 0.15) is 36.1 Å². The second-order valence-corrected chi connectivity index (χ2v) is 6.78. The average Bonchev–Trinajstić information content (AvgIpc) is 2.50. The van der Waals surface area contributed by atoms with E-state index in [2.05, 4.69) is 67.7 Å². The standard InChI is InChI=1S/C19H23NOS/c1-14-4-8-17(9-5-14)16(3)20-19(21)12-13-22-18-10-6-15(2)7-11-18/h4-11,16H,12-13H2,1-3H3,(H,20,21)/t16-/m1/s1. The van der Waals surface area contributed by atoms with E-state index in [1.165, 1.54) is 16.0 Å². The molecule has 0 bridgehead atoms. The van der Waals surface area contributed by atoms with E-state index in [-0.39, 0.29) is 11.9 Å². The van der Waals surface area contributed by atoms with Crippen LogP contribution in [-0.4, -0.2) is 11.7 Å². The van der Waals surface area contributed by atoms with Crippen molar-refractivity contribution >= 4 is 17.7 Å². The summed E-state index contributed by atoms with van der Waals surface area (Å²) in [5.74, 6) is 0.905. The monoisotopic (exact) mass is 313 g/mol. The Balaban J connectivity index is 1.75. The van der Waals surface area contributed by atoms with Crippen LogP contribution >= 0.6 is 11.8 Å². The Bertz CT molecular complexity index is 604. The molecule has 1 N–H and O–H groups in total. The number of benzene rings is 2. The van der Waals surface area contributed by atoms with Crippen molar-refractivity contribution in [3.05, 3.63) is 65.2 Å². The van der Waals surface area contributed by atoms with Crippen LogP contribution in [0, 0.1) is 13.8 Å². The molecular formula is C19H23NOS. The largest absolute Gasteiger partial charge is 0.350 e. The lowest BCUT2D eigenvalue weighted by molar-refractivity contribution is -0.121. The molecule has 1 amide bonds. The SMILES string of the molecule is Cc1ccc(SCCC(=O)N[C@H](C)c2ccc(C)cc2)cc1. The van der Waals surface area contributed by atoms with E-state index < -0.39 is 0 Å². The number of rotatable bonds is 6. The Morgan fingerprint density at radius 1 is 1.00 bits per heavy atom. The number of carbonyl (C=O) groups is 1. The van der Waals surface area contributed by atoms with Crippen LogP contribution in [0.2, 0.25) is 0 Å². The molecule has 0 aliphatic carbocycles. The molecule has 0 aromatic heterocycles. The molecule has 3 heteroatoms. The molecule has 22 heavy (non-hydrogen) atoms. The van der Waals surface area contributed by atoms with Gasteiger partial charge in [0.2, 0.25) is 5.91 Å². The number of thioether (sulfide) groups is 1. The highest BCUT2D eigenvalue weighted by Crippen LogP contribution is 2.19. The van der Waals surface area contributed by atoms with Gasteiger partial charge in [-0.3, -0.25) is 4.79 Å². The number of hydrogen-bond donors (Lipinski definition) is 1. The maximum Gasteiger partial charge on any atom is 0.221 e. The zero-order valence-corrected chi connectivity index (χ0v) is 14.2. The molecule has 0 unspecified atom stereocenters. The second-order valence-electron chi connectivity index (χ2n) is 5.61. The Labute approximate surface area is 137 Å². The lowest BCUT2D eigenvalue weighted by Crippen LogP contribution is -2.26. The highest BCUT2D eigenvalue weighted by Gasteiger charge is 2.09. The van der Waals surface area contributed by atoms with Crippen LogP contribution in [0.25, 0.3) is 0 Å². The summed E-state index contributed by atoms with van der Waals surface area (Å²) < 4.78 is 0. The Hall–Kier alpha value is -1.74. The molecule has 0 fully saturated rings. The summed E-state index contributed by atoms with van der Waals surface area (Å²) in [4.78, 5) is 13.2. The molecule has 2 aromatic rings. The van der Waals surface area contributed by atoms with Gasteiger partial charge < -0.3 is 5.32 Å². The fourth-order valence-electron chi connectivity index (χ4n) is 2.15. The van der Waals surface area contributed by atoms with Crippen molar-refractivity contribution in [3.63, 3.8) is 0 Å². The molecule has 0 heterocycles. The van der Waals surface area contributed by atoms with E-state index in [1.54, 1.807) is 11.8 Å². The molecule has 0 saturated carbocycles. The van der Waals surface area contributed by atoms with Gasteiger partial charge in [-0.1, -0.05) is 47.5 Å². The summed E-state index contributed by atoms with van der Waals surface area (Å²) >= 11 is 1.72. The predicted octanol–water partition coefficient (Wildman–Crippen LogP) is 4.66. The van der Waals surface area contributed by atoms with Gasteiger partial charge in [0.1, 0.15) is 0 Å². The van der Waals surface area contributed by atoms with Gasteiger partial charge in [0, 0.05) is 17.1 Å². The van der Waals surface area contributed by atoms with Crippen LogP contribution in [0.5, 0.6) is 0 Å². The van der Waals surface area contributed by atoms with Crippen LogP contribution in [0.15, 0.2) is 53.4 Å². The Morgan fingerprint density at radius 3 is 2.14 bits per heavy atom. The van der Waals surface area contributed by atoms with Crippen molar-refractivity contribution in [2.75, 3.05) is 5.75 Å². The van der Waals surface area contributed by atoms with Gasteiger partial charge in [0.15, 0.2) is 0 Å². The number of carbonyl (C=O) groups excluding carboxylic acids is 1. The van der Waals surface area contributed by atoms with Gasteiger partial charge in [0.25, 0.3) is 0 Å².